The molecule has 88 valence electrons. The third kappa shape index (κ3) is 3.06. The van der Waals surface area contributed by atoms with Gasteiger partial charge in [0.2, 0.25) is 0 Å². The number of hydrogen-bond donors (Lipinski definition) is 0. The first-order chi connectivity index (χ1) is 8.06. The fourth-order valence-electron chi connectivity index (χ4n) is 1.37. The molecule has 0 aliphatic carbocycles. The molecule has 0 spiro atoms. The average molecular weight is 292 g/mol. The van der Waals surface area contributed by atoms with E-state index in [-0.39, 0.29) is 16.7 Å². The van der Waals surface area contributed by atoms with Crippen LogP contribution in [-0.4, -0.2) is 9.97 Å². The van der Waals surface area contributed by atoms with E-state index >= 15 is 0 Å². The van der Waals surface area contributed by atoms with Crippen molar-refractivity contribution in [3.63, 3.8) is 0 Å². The average Bonchev–Trinajstić information content (AvgIpc) is 2.22. The van der Waals surface area contributed by atoms with Gasteiger partial charge in [-0.15, -0.1) is 0 Å². The van der Waals surface area contributed by atoms with Crippen LogP contribution in [0.3, 0.4) is 0 Å². The van der Waals surface area contributed by atoms with Gasteiger partial charge in [0.15, 0.2) is 0 Å². The van der Waals surface area contributed by atoms with Crippen molar-refractivity contribution in [1.82, 2.24) is 9.97 Å². The Kier molecular flexibility index (Phi) is 3.82. The molecule has 0 amide bonds. The van der Waals surface area contributed by atoms with E-state index in [1.165, 1.54) is 18.2 Å². The minimum atomic E-state index is -0.405. The van der Waals surface area contributed by atoms with Gasteiger partial charge in [0.25, 0.3) is 0 Å². The lowest BCUT2D eigenvalue weighted by Gasteiger charge is -2.05. The Bertz CT molecular complexity index is 520. The highest BCUT2D eigenvalue weighted by molar-refractivity contribution is 6.33. The van der Waals surface area contributed by atoms with Gasteiger partial charge in [-0.2, -0.15) is 0 Å². The maximum Gasteiger partial charge on any atom is 0.136 e. The summed E-state index contributed by atoms with van der Waals surface area (Å²) >= 11 is 17.4. The van der Waals surface area contributed by atoms with Crippen molar-refractivity contribution in [2.24, 2.45) is 0 Å². The third-order valence-electron chi connectivity index (χ3n) is 2.11. The molecule has 0 radical (unpaired) electrons. The van der Waals surface area contributed by atoms with Crippen molar-refractivity contribution in [3.05, 3.63) is 56.8 Å². The topological polar surface area (TPSA) is 25.8 Å². The molecule has 0 bridgehead atoms. The zero-order valence-corrected chi connectivity index (χ0v) is 10.7. The highest BCUT2D eigenvalue weighted by Crippen LogP contribution is 2.22. The number of aromatic nitrogens is 2. The normalized spacial score (nSPS) is 10.6. The Morgan fingerprint density at radius 2 is 1.71 bits per heavy atom. The summed E-state index contributed by atoms with van der Waals surface area (Å²) in [5.41, 5.74) is 0.326. The molecule has 17 heavy (non-hydrogen) atoms. The van der Waals surface area contributed by atoms with E-state index in [4.69, 9.17) is 34.8 Å². The van der Waals surface area contributed by atoms with Crippen LogP contribution < -0.4 is 0 Å². The molecule has 6 heteroatoms. The molecule has 0 saturated carbocycles. The van der Waals surface area contributed by atoms with Crippen LogP contribution in [-0.2, 0) is 6.42 Å². The smallest absolute Gasteiger partial charge is 0.136 e. The summed E-state index contributed by atoms with van der Waals surface area (Å²) in [6, 6.07) is 5.88. The van der Waals surface area contributed by atoms with E-state index in [9.17, 15) is 4.39 Å². The predicted octanol–water partition coefficient (Wildman–Crippen LogP) is 4.17. The highest BCUT2D eigenvalue weighted by Gasteiger charge is 2.10. The maximum absolute atomic E-state index is 13.5. The van der Waals surface area contributed by atoms with Crippen LogP contribution in [0.1, 0.15) is 11.4 Å². The van der Waals surface area contributed by atoms with Crippen LogP contribution in [0.4, 0.5) is 4.39 Å². The molecular formula is C11H6Cl3FN2. The van der Waals surface area contributed by atoms with Gasteiger partial charge >= 0.3 is 0 Å². The second-order valence-corrected chi connectivity index (χ2v) is 4.49. The minimum absolute atomic E-state index is 0.145. The van der Waals surface area contributed by atoms with Gasteiger partial charge in [0.05, 0.1) is 0 Å². The third-order valence-corrected chi connectivity index (χ3v) is 2.85. The number of nitrogens with zero attached hydrogens (tertiary/aromatic N) is 2. The second kappa shape index (κ2) is 5.17. The van der Waals surface area contributed by atoms with E-state index < -0.39 is 5.82 Å². The quantitative estimate of drug-likeness (QED) is 0.776. The molecule has 0 atom stereocenters. The van der Waals surface area contributed by atoms with E-state index in [0.29, 0.717) is 16.4 Å². The predicted molar refractivity (Wildman–Crippen MR) is 66.3 cm³/mol. The number of benzene rings is 1. The summed E-state index contributed by atoms with van der Waals surface area (Å²) in [5.74, 6) is -0.0771. The molecule has 0 fully saturated rings. The summed E-state index contributed by atoms with van der Waals surface area (Å²) in [4.78, 5) is 7.91. The number of rotatable bonds is 2. The van der Waals surface area contributed by atoms with E-state index in [2.05, 4.69) is 9.97 Å². The molecule has 2 nitrogen and oxygen atoms in total. The summed E-state index contributed by atoms with van der Waals surface area (Å²) in [5, 5.41) is 0.754. The van der Waals surface area contributed by atoms with Gasteiger partial charge in [-0.25, -0.2) is 14.4 Å². The number of hydrogen-bond acceptors (Lipinski definition) is 2. The molecule has 1 heterocycles. The van der Waals surface area contributed by atoms with Crippen molar-refractivity contribution < 1.29 is 4.39 Å². The van der Waals surface area contributed by atoms with Crippen LogP contribution in [0.25, 0.3) is 0 Å². The Balaban J connectivity index is 2.38. The first kappa shape index (κ1) is 12.6. The molecular weight excluding hydrogens is 285 g/mol. The highest BCUT2D eigenvalue weighted by atomic mass is 35.5. The molecule has 1 aromatic carbocycles. The fraction of sp³-hybridized carbons (Fsp3) is 0.0909. The molecule has 0 aliphatic heterocycles. The molecule has 0 N–H and O–H groups in total. The summed E-state index contributed by atoms with van der Waals surface area (Å²) in [7, 11) is 0. The van der Waals surface area contributed by atoms with Crippen LogP contribution in [0.2, 0.25) is 15.3 Å². The van der Waals surface area contributed by atoms with Crippen molar-refractivity contribution >= 4 is 34.8 Å². The van der Waals surface area contributed by atoms with Gasteiger partial charge in [-0.05, 0) is 12.1 Å². The van der Waals surface area contributed by atoms with Gasteiger partial charge in [-0.1, -0.05) is 40.9 Å². The summed E-state index contributed by atoms with van der Waals surface area (Å²) < 4.78 is 13.5. The number of halogens is 4. The lowest BCUT2D eigenvalue weighted by atomic mass is 10.1. The fourth-order valence-corrected chi connectivity index (χ4v) is 2.06. The Morgan fingerprint density at radius 3 is 2.29 bits per heavy atom. The molecule has 2 aromatic rings. The molecule has 0 aliphatic rings. The summed E-state index contributed by atoms with van der Waals surface area (Å²) in [6.07, 6.45) is 0.145. The SMILES string of the molecule is Fc1cccc(Cl)c1Cc1nc(Cl)cc(Cl)n1. The zero-order valence-electron chi connectivity index (χ0n) is 8.42. The van der Waals surface area contributed by atoms with Crippen molar-refractivity contribution in [3.8, 4) is 0 Å². The van der Waals surface area contributed by atoms with Gasteiger partial charge in [0.1, 0.15) is 21.9 Å². The Hall–Kier alpha value is -0.900. The molecule has 1 aromatic heterocycles. The van der Waals surface area contributed by atoms with Gasteiger partial charge in [-0.3, -0.25) is 0 Å². The lowest BCUT2D eigenvalue weighted by Crippen LogP contribution is -2.00. The molecule has 2 rings (SSSR count). The van der Waals surface area contributed by atoms with E-state index in [1.54, 1.807) is 6.07 Å². The lowest BCUT2D eigenvalue weighted by molar-refractivity contribution is 0.612. The second-order valence-electron chi connectivity index (χ2n) is 3.31. The van der Waals surface area contributed by atoms with Crippen LogP contribution in [0.5, 0.6) is 0 Å². The first-order valence-electron chi connectivity index (χ1n) is 4.68. The van der Waals surface area contributed by atoms with Crippen LogP contribution in [0, 0.1) is 5.82 Å². The summed E-state index contributed by atoms with van der Waals surface area (Å²) in [6.45, 7) is 0. The van der Waals surface area contributed by atoms with Crippen LogP contribution in [0.15, 0.2) is 24.3 Å². The zero-order chi connectivity index (χ0) is 12.4. The Morgan fingerprint density at radius 1 is 1.06 bits per heavy atom. The van der Waals surface area contributed by atoms with E-state index in [1.807, 2.05) is 0 Å². The molecule has 0 unspecified atom stereocenters. The van der Waals surface area contributed by atoms with Crippen molar-refractivity contribution in [1.29, 1.82) is 0 Å². The van der Waals surface area contributed by atoms with Gasteiger partial charge < -0.3 is 0 Å². The molecule has 0 saturated heterocycles. The maximum atomic E-state index is 13.5. The Labute approximate surface area is 112 Å². The van der Waals surface area contributed by atoms with Gasteiger partial charge in [0, 0.05) is 23.1 Å². The van der Waals surface area contributed by atoms with Crippen molar-refractivity contribution in [2.45, 2.75) is 6.42 Å². The minimum Gasteiger partial charge on any atom is -0.221 e. The first-order valence-corrected chi connectivity index (χ1v) is 5.81. The largest absolute Gasteiger partial charge is 0.221 e. The van der Waals surface area contributed by atoms with Crippen molar-refractivity contribution in [2.75, 3.05) is 0 Å². The standard InChI is InChI=1S/C11H6Cl3FN2/c12-7-2-1-3-8(15)6(7)4-11-16-9(13)5-10(14)17-11/h1-3,5H,4H2. The monoisotopic (exact) mass is 290 g/mol. The van der Waals surface area contributed by atoms with E-state index in [0.717, 1.165) is 0 Å². The van der Waals surface area contributed by atoms with Crippen LogP contribution >= 0.6 is 34.8 Å².